The molecule has 4 nitrogen and oxygen atoms in total. The number of carbonyl (C=O) groups excluding carboxylic acids is 2. The first-order chi connectivity index (χ1) is 8.22. The molecule has 4 heteroatoms. The summed E-state index contributed by atoms with van der Waals surface area (Å²) in [6.07, 6.45) is 3.19. The van der Waals surface area contributed by atoms with E-state index in [0.717, 1.165) is 5.69 Å². The molecule has 0 bridgehead atoms. The van der Waals surface area contributed by atoms with Crippen LogP contribution in [-0.4, -0.2) is 23.3 Å². The van der Waals surface area contributed by atoms with E-state index >= 15 is 0 Å². The van der Waals surface area contributed by atoms with E-state index in [1.807, 2.05) is 18.2 Å². The van der Waals surface area contributed by atoms with Crippen LogP contribution in [0.4, 0.5) is 0 Å². The van der Waals surface area contributed by atoms with Crippen LogP contribution in [0, 0.1) is 0 Å². The minimum absolute atomic E-state index is 0.0729. The Labute approximate surface area is 101 Å². The zero-order chi connectivity index (χ0) is 12.5. The van der Waals surface area contributed by atoms with Gasteiger partial charge in [0.05, 0.1) is 13.0 Å². The second-order valence-electron chi connectivity index (χ2n) is 3.66. The molecular weight excluding hydrogens is 218 g/mol. The molecule has 17 heavy (non-hydrogen) atoms. The number of hydrogen-bond donors (Lipinski definition) is 0. The van der Waals surface area contributed by atoms with Crippen LogP contribution in [-0.2, 0) is 20.7 Å². The molecular formula is C13H17NO3. The van der Waals surface area contributed by atoms with E-state index in [9.17, 15) is 9.59 Å². The first-order valence-corrected chi connectivity index (χ1v) is 5.79. The summed E-state index contributed by atoms with van der Waals surface area (Å²) >= 11 is 0. The fourth-order valence-electron chi connectivity index (χ4n) is 1.41. The Morgan fingerprint density at radius 1 is 1.24 bits per heavy atom. The summed E-state index contributed by atoms with van der Waals surface area (Å²) in [4.78, 5) is 26.7. The Hall–Kier alpha value is -1.71. The van der Waals surface area contributed by atoms with Gasteiger partial charge in [-0.2, -0.15) is 0 Å². The van der Waals surface area contributed by atoms with E-state index in [-0.39, 0.29) is 24.6 Å². The average molecular weight is 235 g/mol. The second-order valence-corrected chi connectivity index (χ2v) is 3.66. The molecule has 0 amide bonds. The maximum absolute atomic E-state index is 11.5. The highest BCUT2D eigenvalue weighted by Gasteiger charge is 2.07. The van der Waals surface area contributed by atoms with Crippen molar-refractivity contribution in [2.24, 2.45) is 0 Å². The van der Waals surface area contributed by atoms with E-state index in [4.69, 9.17) is 4.74 Å². The number of nitrogens with zero attached hydrogens (tertiary/aromatic N) is 1. The molecule has 1 aromatic rings. The van der Waals surface area contributed by atoms with Gasteiger partial charge in [0.25, 0.3) is 0 Å². The summed E-state index contributed by atoms with van der Waals surface area (Å²) in [5.74, 6) is -0.234. The fraction of sp³-hybridized carbons (Fsp3) is 0.462. The van der Waals surface area contributed by atoms with Crippen molar-refractivity contribution in [1.29, 1.82) is 0 Å². The first-order valence-electron chi connectivity index (χ1n) is 5.79. The maximum atomic E-state index is 11.5. The second kappa shape index (κ2) is 7.54. The van der Waals surface area contributed by atoms with Gasteiger partial charge in [0.2, 0.25) is 0 Å². The highest BCUT2D eigenvalue weighted by atomic mass is 16.5. The summed E-state index contributed by atoms with van der Waals surface area (Å²) in [5.41, 5.74) is 0.900. The highest BCUT2D eigenvalue weighted by Crippen LogP contribution is 2.03. The van der Waals surface area contributed by atoms with E-state index < -0.39 is 0 Å². The van der Waals surface area contributed by atoms with Crippen LogP contribution < -0.4 is 0 Å². The number of ketones is 1. The van der Waals surface area contributed by atoms with Crippen LogP contribution >= 0.6 is 0 Å². The van der Waals surface area contributed by atoms with E-state index in [0.29, 0.717) is 19.4 Å². The van der Waals surface area contributed by atoms with Gasteiger partial charge in [0, 0.05) is 24.7 Å². The molecule has 0 saturated heterocycles. The highest BCUT2D eigenvalue weighted by molar-refractivity contribution is 5.83. The zero-order valence-electron chi connectivity index (χ0n) is 10.0. The summed E-state index contributed by atoms with van der Waals surface area (Å²) in [6, 6.07) is 5.62. The number of ether oxygens (including phenoxy) is 1. The van der Waals surface area contributed by atoms with E-state index in [2.05, 4.69) is 4.98 Å². The molecule has 1 rings (SSSR count). The van der Waals surface area contributed by atoms with Crippen molar-refractivity contribution in [2.75, 3.05) is 6.61 Å². The standard InChI is InChI=1S/C13H17NO3/c1-2-17-13(16)9-8-12(15)7-6-11-5-3-4-10-14-11/h3-5,10H,2,6-9H2,1H3. The lowest BCUT2D eigenvalue weighted by Gasteiger charge is -2.01. The van der Waals surface area contributed by atoms with Crippen LogP contribution in [0.2, 0.25) is 0 Å². The molecule has 0 aliphatic rings. The summed E-state index contributed by atoms with van der Waals surface area (Å²) in [7, 11) is 0. The third-order valence-electron chi connectivity index (χ3n) is 2.30. The first kappa shape index (κ1) is 13.4. The Morgan fingerprint density at radius 3 is 2.71 bits per heavy atom. The lowest BCUT2D eigenvalue weighted by atomic mass is 10.1. The molecule has 1 heterocycles. The van der Waals surface area contributed by atoms with Crippen LogP contribution in [0.15, 0.2) is 24.4 Å². The summed E-state index contributed by atoms with van der Waals surface area (Å²) in [5, 5.41) is 0. The van der Waals surface area contributed by atoms with Gasteiger partial charge in [-0.1, -0.05) is 6.07 Å². The van der Waals surface area contributed by atoms with Crippen molar-refractivity contribution in [3.63, 3.8) is 0 Å². The third kappa shape index (κ3) is 5.80. The van der Waals surface area contributed by atoms with Gasteiger partial charge in [-0.15, -0.1) is 0 Å². The monoisotopic (exact) mass is 235 g/mol. The fourth-order valence-corrected chi connectivity index (χ4v) is 1.41. The predicted octanol–water partition coefficient (Wildman–Crippen LogP) is 1.93. The maximum Gasteiger partial charge on any atom is 0.306 e. The van der Waals surface area contributed by atoms with Gasteiger partial charge in [0.1, 0.15) is 5.78 Å². The molecule has 0 aromatic carbocycles. The van der Waals surface area contributed by atoms with Crippen LogP contribution in [0.3, 0.4) is 0 Å². The van der Waals surface area contributed by atoms with Crippen LogP contribution in [0.1, 0.15) is 31.9 Å². The largest absolute Gasteiger partial charge is 0.466 e. The molecule has 0 fully saturated rings. The molecule has 0 aliphatic heterocycles. The number of pyridine rings is 1. The minimum Gasteiger partial charge on any atom is -0.466 e. The molecule has 1 aromatic heterocycles. The predicted molar refractivity (Wildman–Crippen MR) is 63.4 cm³/mol. The molecule has 0 atom stereocenters. The molecule has 0 saturated carbocycles. The average Bonchev–Trinajstić information content (AvgIpc) is 2.35. The number of aromatic nitrogens is 1. The van der Waals surface area contributed by atoms with Gasteiger partial charge in [-0.25, -0.2) is 0 Å². The Bertz CT molecular complexity index is 362. The van der Waals surface area contributed by atoms with Gasteiger partial charge in [0.15, 0.2) is 0 Å². The smallest absolute Gasteiger partial charge is 0.306 e. The Morgan fingerprint density at radius 2 is 2.06 bits per heavy atom. The van der Waals surface area contributed by atoms with Crippen molar-refractivity contribution >= 4 is 11.8 Å². The van der Waals surface area contributed by atoms with Gasteiger partial charge in [-0.3, -0.25) is 14.6 Å². The summed E-state index contributed by atoms with van der Waals surface area (Å²) < 4.78 is 4.75. The SMILES string of the molecule is CCOC(=O)CCC(=O)CCc1ccccn1. The minimum atomic E-state index is -0.307. The van der Waals surface area contributed by atoms with E-state index in [1.165, 1.54) is 0 Å². The van der Waals surface area contributed by atoms with Crippen LogP contribution in [0.5, 0.6) is 0 Å². The molecule has 0 N–H and O–H groups in total. The van der Waals surface area contributed by atoms with Gasteiger partial charge < -0.3 is 4.74 Å². The molecule has 0 unspecified atom stereocenters. The quantitative estimate of drug-likeness (QED) is 0.677. The lowest BCUT2D eigenvalue weighted by molar-refractivity contribution is -0.144. The lowest BCUT2D eigenvalue weighted by Crippen LogP contribution is -2.08. The number of aryl methyl sites for hydroxylation is 1. The number of rotatable bonds is 7. The molecule has 0 aliphatic carbocycles. The summed E-state index contributed by atoms with van der Waals surface area (Å²) in [6.45, 7) is 2.11. The third-order valence-corrected chi connectivity index (χ3v) is 2.30. The van der Waals surface area contributed by atoms with Crippen molar-refractivity contribution in [1.82, 2.24) is 4.98 Å². The Balaban J connectivity index is 2.20. The molecule has 0 spiro atoms. The van der Waals surface area contributed by atoms with Crippen molar-refractivity contribution in [3.05, 3.63) is 30.1 Å². The topological polar surface area (TPSA) is 56.3 Å². The van der Waals surface area contributed by atoms with E-state index in [1.54, 1.807) is 13.1 Å². The number of carbonyl (C=O) groups is 2. The van der Waals surface area contributed by atoms with Crippen molar-refractivity contribution in [3.8, 4) is 0 Å². The number of Topliss-reactive ketones (excluding diaryl/α,β-unsaturated/α-hetero) is 1. The van der Waals surface area contributed by atoms with Gasteiger partial charge >= 0.3 is 5.97 Å². The number of hydrogen-bond acceptors (Lipinski definition) is 4. The van der Waals surface area contributed by atoms with Gasteiger partial charge in [-0.05, 0) is 25.5 Å². The molecule has 0 radical (unpaired) electrons. The molecule has 92 valence electrons. The van der Waals surface area contributed by atoms with Crippen molar-refractivity contribution in [2.45, 2.75) is 32.6 Å². The normalized spacial score (nSPS) is 9.94. The van der Waals surface area contributed by atoms with Crippen LogP contribution in [0.25, 0.3) is 0 Å². The number of esters is 1. The van der Waals surface area contributed by atoms with Crippen molar-refractivity contribution < 1.29 is 14.3 Å². The Kier molecular flexibility index (Phi) is 5.93. The zero-order valence-corrected chi connectivity index (χ0v) is 10.0.